The third-order valence-electron chi connectivity index (χ3n) is 5.93. The maximum atomic E-state index is 7.32. The van der Waals surface area contributed by atoms with E-state index in [4.69, 9.17) is 35.6 Å². The Morgan fingerprint density at radius 2 is 1.40 bits per heavy atom. The number of morpholine rings is 1. The molecule has 0 saturated carbocycles. The molecule has 4 rings (SSSR count). The van der Waals surface area contributed by atoms with Crippen LogP contribution in [0.15, 0.2) is 0 Å². The summed E-state index contributed by atoms with van der Waals surface area (Å²) in [6.45, 7) is 7.02. The molecule has 0 amide bonds. The molecule has 4 atom stereocenters. The number of piperidine rings is 3. The summed E-state index contributed by atoms with van der Waals surface area (Å²) >= 11 is -0.663. The van der Waals surface area contributed by atoms with Crippen LogP contribution in [0.2, 0.25) is 0 Å². The van der Waals surface area contributed by atoms with Crippen LogP contribution >= 0.6 is 9.64 Å². The van der Waals surface area contributed by atoms with Crippen molar-refractivity contribution in [2.24, 2.45) is 0 Å². The van der Waals surface area contributed by atoms with Crippen molar-refractivity contribution in [3.8, 4) is 6.07 Å². The number of nitriles is 1. The number of ether oxygens (including phenoxy) is 1. The molecule has 0 bridgehead atoms. The topological polar surface area (TPSA) is 82.9 Å². The van der Waals surface area contributed by atoms with Gasteiger partial charge in [-0.3, -0.25) is 0 Å². The Morgan fingerprint density at radius 1 is 0.900 bits per heavy atom. The second-order valence-corrected chi connectivity index (χ2v) is 9.99. The number of hydrogen-bond acceptors (Lipinski definition) is 3. The van der Waals surface area contributed by atoms with Crippen molar-refractivity contribution in [3.05, 3.63) is 19.5 Å². The minimum absolute atomic E-state index is 0.529. The monoisotopic (exact) mass is 616 g/mol. The van der Waals surface area contributed by atoms with E-state index in [9.17, 15) is 0 Å². The minimum atomic E-state index is -0.663. The normalized spacial score (nSPS) is 32.3. The first kappa shape index (κ1) is 26.2. The quantitative estimate of drug-likeness (QED) is 0.416. The number of halogens is 1. The Hall–Kier alpha value is -0.0736. The van der Waals surface area contributed by atoms with Crippen molar-refractivity contribution in [1.29, 1.82) is 5.26 Å². The Labute approximate surface area is 194 Å². The van der Waals surface area contributed by atoms with Gasteiger partial charge in [0, 0.05) is 6.92 Å². The van der Waals surface area contributed by atoms with E-state index in [1.807, 2.05) is 5.01 Å². The summed E-state index contributed by atoms with van der Waals surface area (Å²) in [6.07, 6.45) is 11.8. The summed E-state index contributed by atoms with van der Waals surface area (Å²) in [5.41, 5.74) is 0. The summed E-state index contributed by atoms with van der Waals surface area (Å²) in [4.78, 5) is 0. The Kier molecular flexibility index (Phi) is 14.4. The molecule has 4 unspecified atom stereocenters. The zero-order chi connectivity index (χ0) is 21.4. The molecule has 4 aliphatic heterocycles. The summed E-state index contributed by atoms with van der Waals surface area (Å²) in [7, 11) is 5.52. The molecule has 4 fully saturated rings. The van der Waals surface area contributed by atoms with Crippen LogP contribution in [0.3, 0.4) is 0 Å². The molecule has 174 valence electrons. The van der Waals surface area contributed by atoms with Crippen molar-refractivity contribution < 1.29 is 20.8 Å². The van der Waals surface area contributed by atoms with Crippen LogP contribution in [-0.2, 0) is 20.8 Å². The molecule has 0 spiro atoms. The summed E-state index contributed by atoms with van der Waals surface area (Å²) < 4.78 is 9.26. The van der Waals surface area contributed by atoms with Crippen LogP contribution in [0.4, 0.5) is 0 Å². The Balaban J connectivity index is 0.000000224. The average molecular weight is 615 g/mol. The van der Waals surface area contributed by atoms with Gasteiger partial charge in [-0.25, -0.2) is 0 Å². The van der Waals surface area contributed by atoms with Gasteiger partial charge in [-0.05, 0) is 0 Å². The van der Waals surface area contributed by atoms with Gasteiger partial charge >= 0.3 is 65.3 Å². The van der Waals surface area contributed by atoms with Gasteiger partial charge in [-0.1, -0.05) is 57.8 Å². The van der Waals surface area contributed by atoms with Gasteiger partial charge in [0.1, 0.15) is 0 Å². The van der Waals surface area contributed by atoms with E-state index in [0.29, 0.717) is 24.2 Å². The fourth-order valence-corrected chi connectivity index (χ4v) is 5.83. The second-order valence-electron chi connectivity index (χ2n) is 8.07. The predicted molar refractivity (Wildman–Crippen MR) is 119 cm³/mol. The van der Waals surface area contributed by atoms with Crippen LogP contribution in [-0.4, -0.2) is 68.6 Å². The third kappa shape index (κ3) is 10.0. The van der Waals surface area contributed by atoms with E-state index in [1.165, 1.54) is 64.7 Å². The summed E-state index contributed by atoms with van der Waals surface area (Å²) in [5.74, 6) is 0. The molecule has 0 N–H and O–H groups in total. The Morgan fingerprint density at radius 3 is 1.83 bits per heavy atom. The van der Waals surface area contributed by atoms with Gasteiger partial charge in [0.2, 0.25) is 0 Å². The molecular formula is C21H37ClN6OOs-2. The maximum absolute atomic E-state index is 7.32. The molecule has 0 aromatic carbocycles. The van der Waals surface area contributed by atoms with Gasteiger partial charge in [0.15, 0.2) is 0 Å². The molecular weight excluding hydrogens is 578 g/mol. The molecule has 4 saturated heterocycles. The standard InChI is InChI=1S/C15H26N3.C4H8N2O.C2H3N.ClH.Os/c1-3-10-16-12(6-1)14-8-5-9-15(18-14)13-7-2-4-11-17-13;5-6-1-3-7-4-2-6;1-2-3;;/h12-15H,1-11H2;1-4H2;1H3;1H;/q-3;+1;;;+1/p-1. The number of rotatable bonds is 2. The third-order valence-corrected chi connectivity index (χ3v) is 7.28. The first-order chi connectivity index (χ1) is 14.8. The van der Waals surface area contributed by atoms with E-state index >= 15 is 0 Å². The van der Waals surface area contributed by atoms with Crippen molar-refractivity contribution in [2.75, 3.05) is 39.4 Å². The molecule has 9 heteroatoms. The summed E-state index contributed by atoms with van der Waals surface area (Å²) in [5, 5.41) is 24.1. The number of nitrogens with zero attached hydrogens (tertiary/aromatic N) is 6. The van der Waals surface area contributed by atoms with Gasteiger partial charge in [0.25, 0.3) is 0 Å². The van der Waals surface area contributed by atoms with Crippen molar-refractivity contribution >= 4 is 9.64 Å². The first-order valence-electron chi connectivity index (χ1n) is 11.4. The van der Waals surface area contributed by atoms with Crippen LogP contribution in [0.25, 0.3) is 19.5 Å². The van der Waals surface area contributed by atoms with E-state index in [1.54, 1.807) is 6.07 Å². The van der Waals surface area contributed by atoms with Crippen LogP contribution in [0, 0.1) is 11.3 Å². The molecule has 0 aromatic heterocycles. The molecule has 0 radical (unpaired) electrons. The Bertz CT molecular complexity index is 524. The molecule has 7 nitrogen and oxygen atoms in total. The molecule has 4 aliphatic rings. The number of hydrogen-bond donors (Lipinski definition) is 0. The van der Waals surface area contributed by atoms with Crippen molar-refractivity contribution in [1.82, 2.24) is 5.01 Å². The fourth-order valence-electron chi connectivity index (χ4n) is 4.43. The van der Waals surface area contributed by atoms with Crippen LogP contribution in [0.1, 0.15) is 64.7 Å². The van der Waals surface area contributed by atoms with E-state index < -0.39 is 16.0 Å². The van der Waals surface area contributed by atoms with Gasteiger partial charge in [-0.15, -0.1) is 13.1 Å². The first-order valence-corrected chi connectivity index (χ1v) is 15.7. The summed E-state index contributed by atoms with van der Waals surface area (Å²) in [6, 6.07) is 3.90. The molecule has 30 heavy (non-hydrogen) atoms. The van der Waals surface area contributed by atoms with E-state index in [-0.39, 0.29) is 0 Å². The van der Waals surface area contributed by atoms with Gasteiger partial charge < -0.3 is 16.0 Å². The molecule has 0 aliphatic carbocycles. The average Bonchev–Trinajstić information content (AvgIpc) is 2.82. The fraction of sp³-hybridized carbons (Fsp3) is 0.952. The van der Waals surface area contributed by atoms with Gasteiger partial charge in [0.05, 0.1) is 6.07 Å². The second kappa shape index (κ2) is 16.5. The SMILES string of the molecule is C1CCC(C2CCCC(C3CCCC[N-]3)[N-]2)[N-]C1.CC#N.[Cl][Os]#[N+]N1CCOCC1. The van der Waals surface area contributed by atoms with Gasteiger partial charge in [-0.2, -0.15) is 29.4 Å². The van der Waals surface area contributed by atoms with Crippen molar-refractivity contribution in [3.63, 3.8) is 0 Å². The molecule has 0 aromatic rings. The zero-order valence-electron chi connectivity index (χ0n) is 18.2. The van der Waals surface area contributed by atoms with E-state index in [0.717, 1.165) is 39.4 Å². The van der Waals surface area contributed by atoms with Crippen LogP contribution in [0.5, 0.6) is 0 Å². The van der Waals surface area contributed by atoms with Crippen LogP contribution < -0.4 is 0 Å². The van der Waals surface area contributed by atoms with Crippen molar-refractivity contribution in [2.45, 2.75) is 88.9 Å². The predicted octanol–water partition coefficient (Wildman–Crippen LogP) is 5.42. The molecule has 4 heterocycles. The van der Waals surface area contributed by atoms with E-state index in [2.05, 4.69) is 3.57 Å². The zero-order valence-corrected chi connectivity index (χ0v) is 21.5.